The minimum absolute atomic E-state index is 0.0253. The Bertz CT molecular complexity index is 1500. The van der Waals surface area contributed by atoms with Gasteiger partial charge in [-0.05, 0) is 62.9 Å². The van der Waals surface area contributed by atoms with Crippen molar-refractivity contribution < 1.29 is 19.4 Å². The first-order chi connectivity index (χ1) is 20.9. The summed E-state index contributed by atoms with van der Waals surface area (Å²) in [6.45, 7) is 4.52. The maximum absolute atomic E-state index is 11.4. The average molecular weight is 607 g/mol. The van der Waals surface area contributed by atoms with Gasteiger partial charge < -0.3 is 29.3 Å². The molecule has 2 N–H and O–H groups in total. The van der Waals surface area contributed by atoms with E-state index in [4.69, 9.17) is 26.3 Å². The average Bonchev–Trinajstić information content (AvgIpc) is 3.66. The smallest absolute Gasteiger partial charge is 0.330 e. The molecule has 0 aliphatic carbocycles. The molecular formula is C32H39ClN6O4. The number of likely N-dealkylation sites (N-methyl/N-ethyl adjacent to an activating group) is 1. The second kappa shape index (κ2) is 13.1. The number of aromatic nitrogens is 2. The summed E-state index contributed by atoms with van der Waals surface area (Å²) < 4.78 is 10.9. The number of aliphatic hydroxyl groups excluding tert-OH is 1. The van der Waals surface area contributed by atoms with Crippen LogP contribution in [-0.2, 0) is 22.5 Å². The standard InChI is InChI=1S/C32H39ClN6O4/c1-37-15-5-8-23(37)20-43-32-35-26-19-38(27-10-4-7-21-6-3-9-25(33)30(21)27)17-14-24(26)31(36-32)39-16-13-22(18-39)34-28(40)11-12-29(41)42-2/h3-4,6-7,9-12,22-23,28,34,40H,5,8,13-20H2,1-2H3/b12-11+/t22?,23-,28?/m0/s1. The van der Waals surface area contributed by atoms with Crippen molar-refractivity contribution in [3.63, 3.8) is 0 Å². The lowest BCUT2D eigenvalue weighted by Gasteiger charge is -2.33. The van der Waals surface area contributed by atoms with Crippen LogP contribution in [0.4, 0.5) is 11.5 Å². The summed E-state index contributed by atoms with van der Waals surface area (Å²) in [5.74, 6) is 0.400. The zero-order chi connectivity index (χ0) is 29.9. The number of nitrogens with zero attached hydrogens (tertiary/aromatic N) is 5. The number of carbonyl (C=O) groups excluding carboxylic acids is 1. The first-order valence-corrected chi connectivity index (χ1v) is 15.4. The molecule has 0 spiro atoms. The molecule has 228 valence electrons. The number of halogens is 1. The molecule has 3 aliphatic heterocycles. The Hall–Kier alpha value is -3.44. The number of hydrogen-bond donors (Lipinski definition) is 2. The Morgan fingerprint density at radius 1 is 1.16 bits per heavy atom. The number of anilines is 2. The predicted molar refractivity (Wildman–Crippen MR) is 168 cm³/mol. The van der Waals surface area contributed by atoms with Crippen LogP contribution in [0.5, 0.6) is 6.01 Å². The third kappa shape index (κ3) is 6.57. The Morgan fingerprint density at radius 3 is 2.79 bits per heavy atom. The van der Waals surface area contributed by atoms with E-state index in [2.05, 4.69) is 56.1 Å². The molecule has 0 saturated carbocycles. The minimum Gasteiger partial charge on any atom is -0.466 e. The first kappa shape index (κ1) is 29.6. The zero-order valence-corrected chi connectivity index (χ0v) is 25.5. The number of aliphatic hydroxyl groups is 1. The van der Waals surface area contributed by atoms with Gasteiger partial charge >= 0.3 is 12.0 Å². The number of esters is 1. The number of hydrogen-bond acceptors (Lipinski definition) is 10. The molecule has 3 aromatic rings. The van der Waals surface area contributed by atoms with Crippen molar-refractivity contribution in [2.45, 2.75) is 50.5 Å². The van der Waals surface area contributed by atoms with Gasteiger partial charge in [0.1, 0.15) is 18.7 Å². The highest BCUT2D eigenvalue weighted by atomic mass is 35.5. The number of rotatable bonds is 9. The van der Waals surface area contributed by atoms with E-state index in [1.54, 1.807) is 0 Å². The fourth-order valence-corrected chi connectivity index (χ4v) is 6.72. The van der Waals surface area contributed by atoms with Crippen molar-refractivity contribution in [1.82, 2.24) is 20.2 Å². The number of nitrogens with one attached hydrogen (secondary N) is 1. The Kier molecular flexibility index (Phi) is 8.99. The van der Waals surface area contributed by atoms with Crippen molar-refractivity contribution in [2.24, 2.45) is 0 Å². The van der Waals surface area contributed by atoms with Gasteiger partial charge in [0.2, 0.25) is 0 Å². The lowest BCUT2D eigenvalue weighted by atomic mass is 10.0. The van der Waals surface area contributed by atoms with Gasteiger partial charge in [-0.2, -0.15) is 9.97 Å². The summed E-state index contributed by atoms with van der Waals surface area (Å²) in [5, 5.41) is 16.5. The topological polar surface area (TPSA) is 103 Å². The number of ether oxygens (including phenoxy) is 2. The van der Waals surface area contributed by atoms with Gasteiger partial charge in [-0.3, -0.25) is 5.32 Å². The summed E-state index contributed by atoms with van der Waals surface area (Å²) in [6, 6.07) is 13.1. The van der Waals surface area contributed by atoms with Gasteiger partial charge in [-0.15, -0.1) is 0 Å². The summed E-state index contributed by atoms with van der Waals surface area (Å²) in [7, 11) is 3.45. The van der Waals surface area contributed by atoms with E-state index in [0.29, 0.717) is 31.7 Å². The molecule has 2 unspecified atom stereocenters. The molecule has 6 rings (SSSR count). The van der Waals surface area contributed by atoms with Crippen LogP contribution < -0.4 is 19.9 Å². The van der Waals surface area contributed by atoms with Crippen LogP contribution in [0.3, 0.4) is 0 Å². The highest BCUT2D eigenvalue weighted by Crippen LogP contribution is 2.37. The molecule has 2 saturated heterocycles. The first-order valence-electron chi connectivity index (χ1n) is 15.0. The monoisotopic (exact) mass is 606 g/mol. The Labute approximate surface area is 257 Å². The van der Waals surface area contributed by atoms with E-state index in [0.717, 1.165) is 77.5 Å². The highest BCUT2D eigenvalue weighted by molar-refractivity contribution is 6.36. The summed E-state index contributed by atoms with van der Waals surface area (Å²) in [4.78, 5) is 28.3. The van der Waals surface area contributed by atoms with Gasteiger partial charge in [0.05, 0.1) is 24.4 Å². The SMILES string of the molecule is COC(=O)/C=C/C(O)NC1CCN(c2nc(OC[C@@H]3CCCN3C)nc3c2CCN(c2cccc4cccc(Cl)c24)C3)C1. The van der Waals surface area contributed by atoms with E-state index in [1.165, 1.54) is 25.7 Å². The number of likely N-dealkylation sites (tertiary alicyclic amines) is 1. The maximum atomic E-state index is 11.4. The van der Waals surface area contributed by atoms with Gasteiger partial charge in [0.25, 0.3) is 0 Å². The number of carbonyl (C=O) groups is 1. The fourth-order valence-electron chi connectivity index (χ4n) is 6.44. The molecule has 1 aromatic heterocycles. The van der Waals surface area contributed by atoms with Gasteiger partial charge in [-0.25, -0.2) is 4.79 Å². The van der Waals surface area contributed by atoms with Crippen molar-refractivity contribution in [3.05, 3.63) is 64.8 Å². The Balaban J connectivity index is 1.25. The summed E-state index contributed by atoms with van der Waals surface area (Å²) >= 11 is 6.69. The lowest BCUT2D eigenvalue weighted by molar-refractivity contribution is -0.134. The van der Waals surface area contributed by atoms with Crippen LogP contribution in [0, 0.1) is 0 Å². The van der Waals surface area contributed by atoms with Crippen LogP contribution in [0.2, 0.25) is 5.02 Å². The number of fused-ring (bicyclic) bond motifs is 2. The van der Waals surface area contributed by atoms with E-state index in [-0.39, 0.29) is 6.04 Å². The molecule has 0 amide bonds. The van der Waals surface area contributed by atoms with Crippen LogP contribution in [0.15, 0.2) is 48.6 Å². The third-order valence-corrected chi connectivity index (χ3v) is 9.10. The molecular weight excluding hydrogens is 568 g/mol. The van der Waals surface area contributed by atoms with Crippen molar-refractivity contribution in [1.29, 1.82) is 0 Å². The minimum atomic E-state index is -0.952. The summed E-state index contributed by atoms with van der Waals surface area (Å²) in [5.41, 5.74) is 3.20. The maximum Gasteiger partial charge on any atom is 0.330 e. The lowest BCUT2D eigenvalue weighted by Crippen LogP contribution is -2.40. The van der Waals surface area contributed by atoms with E-state index < -0.39 is 12.2 Å². The van der Waals surface area contributed by atoms with Crippen molar-refractivity contribution in [3.8, 4) is 6.01 Å². The number of methoxy groups -OCH3 is 1. The predicted octanol–water partition coefficient (Wildman–Crippen LogP) is 3.53. The second-order valence-corrected chi connectivity index (χ2v) is 12.0. The molecule has 43 heavy (non-hydrogen) atoms. The Morgan fingerprint density at radius 2 is 2.00 bits per heavy atom. The highest BCUT2D eigenvalue weighted by Gasteiger charge is 2.31. The molecule has 11 heteroatoms. The van der Waals surface area contributed by atoms with Gasteiger partial charge in [0, 0.05) is 54.4 Å². The quantitative estimate of drug-likeness (QED) is 0.214. The van der Waals surface area contributed by atoms with Crippen LogP contribution in [0.1, 0.15) is 30.5 Å². The van der Waals surface area contributed by atoms with Crippen molar-refractivity contribution >= 4 is 39.8 Å². The molecule has 2 aromatic carbocycles. The molecule has 0 bridgehead atoms. The molecule has 2 fully saturated rings. The molecule has 4 heterocycles. The van der Waals surface area contributed by atoms with E-state index in [1.807, 2.05) is 12.1 Å². The molecule has 3 aliphatic rings. The number of benzene rings is 2. The third-order valence-electron chi connectivity index (χ3n) is 8.78. The van der Waals surface area contributed by atoms with Crippen LogP contribution in [0.25, 0.3) is 10.8 Å². The fraction of sp³-hybridized carbons (Fsp3) is 0.469. The van der Waals surface area contributed by atoms with E-state index in [9.17, 15) is 9.90 Å². The summed E-state index contributed by atoms with van der Waals surface area (Å²) in [6.07, 6.45) is 5.57. The molecule has 3 atom stereocenters. The normalized spacial score (nSPS) is 21.5. The molecule has 10 nitrogen and oxygen atoms in total. The zero-order valence-electron chi connectivity index (χ0n) is 24.7. The molecule has 0 radical (unpaired) electrons. The van der Waals surface area contributed by atoms with Crippen LogP contribution >= 0.6 is 11.6 Å². The largest absolute Gasteiger partial charge is 0.466 e. The van der Waals surface area contributed by atoms with Gasteiger partial charge in [0.15, 0.2) is 0 Å². The van der Waals surface area contributed by atoms with E-state index >= 15 is 0 Å². The van der Waals surface area contributed by atoms with Gasteiger partial charge in [-0.1, -0.05) is 35.9 Å². The van der Waals surface area contributed by atoms with Crippen molar-refractivity contribution in [2.75, 3.05) is 56.7 Å². The second-order valence-electron chi connectivity index (χ2n) is 11.6. The van der Waals surface area contributed by atoms with Crippen LogP contribution in [-0.4, -0.2) is 91.2 Å².